The number of aliphatic hydroxyl groups is 1. The first kappa shape index (κ1) is 12.0. The largest absolute Gasteiger partial charge is 0.454 e. The number of aliphatic hydroxyl groups excluding tert-OH is 1. The Morgan fingerprint density at radius 1 is 1.41 bits per heavy atom. The summed E-state index contributed by atoms with van der Waals surface area (Å²) in [6.07, 6.45) is 0.676. The van der Waals surface area contributed by atoms with Crippen molar-refractivity contribution in [3.8, 4) is 11.5 Å². The first-order valence-corrected chi connectivity index (χ1v) is 5.58. The van der Waals surface area contributed by atoms with Crippen molar-refractivity contribution in [3.05, 3.63) is 17.2 Å². The van der Waals surface area contributed by atoms with Crippen molar-refractivity contribution < 1.29 is 19.4 Å². The second-order valence-electron chi connectivity index (χ2n) is 3.56. The number of carbonyl (C=O) groups is 1. The van der Waals surface area contributed by atoms with E-state index in [1.807, 2.05) is 0 Å². The van der Waals surface area contributed by atoms with Crippen molar-refractivity contribution in [1.29, 1.82) is 0 Å². The third-order valence-electron chi connectivity index (χ3n) is 2.30. The van der Waals surface area contributed by atoms with Gasteiger partial charge in [0.15, 0.2) is 11.5 Å². The minimum Gasteiger partial charge on any atom is -0.454 e. The molecule has 0 atom stereocenters. The predicted octanol–water partition coefficient (Wildman–Crippen LogP) is 1.78. The Labute approximate surface area is 103 Å². The molecule has 1 amide bonds. The van der Waals surface area contributed by atoms with Crippen molar-refractivity contribution in [2.75, 3.05) is 18.7 Å². The van der Waals surface area contributed by atoms with Crippen molar-refractivity contribution >= 4 is 23.2 Å². The molecule has 2 rings (SSSR count). The van der Waals surface area contributed by atoms with E-state index in [9.17, 15) is 4.79 Å². The molecule has 0 radical (unpaired) electrons. The fourth-order valence-electron chi connectivity index (χ4n) is 1.47. The Hall–Kier alpha value is -1.46. The number of halogens is 1. The van der Waals surface area contributed by atoms with Crippen LogP contribution in [0.25, 0.3) is 0 Å². The third-order valence-corrected chi connectivity index (χ3v) is 2.61. The van der Waals surface area contributed by atoms with Crippen LogP contribution in [0.1, 0.15) is 12.8 Å². The number of carbonyl (C=O) groups excluding carboxylic acids is 1. The lowest BCUT2D eigenvalue weighted by atomic mass is 10.2. The maximum Gasteiger partial charge on any atom is 0.231 e. The van der Waals surface area contributed by atoms with Gasteiger partial charge in [0, 0.05) is 25.2 Å². The summed E-state index contributed by atoms with van der Waals surface area (Å²) in [6, 6.07) is 3.23. The molecule has 2 N–H and O–H groups in total. The van der Waals surface area contributed by atoms with Crippen molar-refractivity contribution in [3.63, 3.8) is 0 Å². The minimum absolute atomic E-state index is 0.0116. The summed E-state index contributed by atoms with van der Waals surface area (Å²) in [5.74, 6) is 0.940. The lowest BCUT2D eigenvalue weighted by molar-refractivity contribution is -0.116. The average molecular weight is 258 g/mol. The van der Waals surface area contributed by atoms with E-state index in [4.69, 9.17) is 26.2 Å². The molecule has 0 aliphatic carbocycles. The van der Waals surface area contributed by atoms with E-state index in [1.165, 1.54) is 0 Å². The van der Waals surface area contributed by atoms with Gasteiger partial charge in [-0.2, -0.15) is 0 Å². The first-order chi connectivity index (χ1) is 8.20. The van der Waals surface area contributed by atoms with E-state index in [2.05, 4.69) is 5.32 Å². The molecule has 0 bridgehead atoms. The van der Waals surface area contributed by atoms with E-state index >= 15 is 0 Å². The summed E-state index contributed by atoms with van der Waals surface area (Å²) in [4.78, 5) is 11.5. The standard InChI is InChI=1S/C11H12ClNO4/c12-7-4-9-10(17-6-16-9)5-8(7)13-11(15)2-1-3-14/h4-5,14H,1-3,6H2,(H,13,15). The van der Waals surface area contributed by atoms with Crippen LogP contribution in [0.15, 0.2) is 12.1 Å². The Kier molecular flexibility index (Phi) is 3.71. The van der Waals surface area contributed by atoms with Gasteiger partial charge in [0.1, 0.15) is 0 Å². The zero-order chi connectivity index (χ0) is 12.3. The number of hydrogen-bond donors (Lipinski definition) is 2. The molecule has 6 heteroatoms. The Morgan fingerprint density at radius 2 is 2.12 bits per heavy atom. The molecule has 1 heterocycles. The van der Waals surface area contributed by atoms with Crippen LogP contribution in [0.3, 0.4) is 0 Å². The van der Waals surface area contributed by atoms with Crippen LogP contribution in [-0.2, 0) is 4.79 Å². The molecular weight excluding hydrogens is 246 g/mol. The zero-order valence-electron chi connectivity index (χ0n) is 9.03. The van der Waals surface area contributed by atoms with E-state index < -0.39 is 0 Å². The van der Waals surface area contributed by atoms with Crippen LogP contribution in [-0.4, -0.2) is 24.4 Å². The van der Waals surface area contributed by atoms with Crippen molar-refractivity contribution in [2.24, 2.45) is 0 Å². The van der Waals surface area contributed by atoms with Crippen LogP contribution in [0.4, 0.5) is 5.69 Å². The number of anilines is 1. The normalized spacial score (nSPS) is 12.6. The predicted molar refractivity (Wildman–Crippen MR) is 62.5 cm³/mol. The van der Waals surface area contributed by atoms with E-state index in [-0.39, 0.29) is 25.7 Å². The smallest absolute Gasteiger partial charge is 0.231 e. The van der Waals surface area contributed by atoms with Gasteiger partial charge in [-0.1, -0.05) is 11.6 Å². The highest BCUT2D eigenvalue weighted by atomic mass is 35.5. The summed E-state index contributed by atoms with van der Waals surface area (Å²) in [7, 11) is 0. The van der Waals surface area contributed by atoms with E-state index in [1.54, 1.807) is 12.1 Å². The molecular formula is C11H12ClNO4. The fraction of sp³-hybridized carbons (Fsp3) is 0.364. The molecule has 17 heavy (non-hydrogen) atoms. The van der Waals surface area contributed by atoms with Crippen LogP contribution in [0.2, 0.25) is 5.02 Å². The van der Waals surface area contributed by atoms with Gasteiger partial charge >= 0.3 is 0 Å². The second-order valence-corrected chi connectivity index (χ2v) is 3.97. The number of fused-ring (bicyclic) bond motifs is 1. The summed E-state index contributed by atoms with van der Waals surface area (Å²) in [5, 5.41) is 11.7. The molecule has 0 spiro atoms. The van der Waals surface area contributed by atoms with Gasteiger partial charge in [-0.3, -0.25) is 4.79 Å². The highest BCUT2D eigenvalue weighted by Crippen LogP contribution is 2.39. The SMILES string of the molecule is O=C(CCCO)Nc1cc2c(cc1Cl)OCO2. The van der Waals surface area contributed by atoms with Crippen molar-refractivity contribution in [1.82, 2.24) is 0 Å². The van der Waals surface area contributed by atoms with Gasteiger partial charge in [0.2, 0.25) is 12.7 Å². The second kappa shape index (κ2) is 5.25. The Balaban J connectivity index is 2.08. The molecule has 1 aliphatic heterocycles. The molecule has 1 aromatic rings. The number of rotatable bonds is 4. The summed E-state index contributed by atoms with van der Waals surface area (Å²) in [6.45, 7) is 0.149. The van der Waals surface area contributed by atoms with Crippen LogP contribution < -0.4 is 14.8 Å². The van der Waals surface area contributed by atoms with Gasteiger partial charge in [0.05, 0.1) is 10.7 Å². The number of nitrogens with one attached hydrogen (secondary N) is 1. The maximum absolute atomic E-state index is 11.5. The van der Waals surface area contributed by atoms with Crippen LogP contribution >= 0.6 is 11.6 Å². The molecule has 0 saturated heterocycles. The molecule has 0 saturated carbocycles. The Morgan fingerprint density at radius 3 is 2.82 bits per heavy atom. The van der Waals surface area contributed by atoms with Crippen molar-refractivity contribution in [2.45, 2.75) is 12.8 Å². The molecule has 5 nitrogen and oxygen atoms in total. The first-order valence-electron chi connectivity index (χ1n) is 5.20. The average Bonchev–Trinajstić information content (AvgIpc) is 2.74. The van der Waals surface area contributed by atoms with E-state index in [0.717, 1.165) is 0 Å². The summed E-state index contributed by atoms with van der Waals surface area (Å²) < 4.78 is 10.3. The molecule has 1 aliphatic rings. The fourth-order valence-corrected chi connectivity index (χ4v) is 1.67. The van der Waals surface area contributed by atoms with Crippen LogP contribution in [0.5, 0.6) is 11.5 Å². The third kappa shape index (κ3) is 2.81. The Bertz CT molecular complexity index is 436. The maximum atomic E-state index is 11.5. The van der Waals surface area contributed by atoms with Gasteiger partial charge in [-0.05, 0) is 6.42 Å². The molecule has 0 fully saturated rings. The zero-order valence-corrected chi connectivity index (χ0v) is 9.79. The highest BCUT2D eigenvalue weighted by molar-refractivity contribution is 6.34. The number of ether oxygens (including phenoxy) is 2. The van der Waals surface area contributed by atoms with E-state index in [0.29, 0.717) is 28.6 Å². The quantitative estimate of drug-likeness (QED) is 0.863. The van der Waals surface area contributed by atoms with Gasteiger partial charge in [-0.25, -0.2) is 0 Å². The van der Waals surface area contributed by atoms with Gasteiger partial charge < -0.3 is 19.9 Å². The molecule has 0 aromatic heterocycles. The highest BCUT2D eigenvalue weighted by Gasteiger charge is 2.17. The summed E-state index contributed by atoms with van der Waals surface area (Å²) >= 11 is 5.99. The molecule has 92 valence electrons. The van der Waals surface area contributed by atoms with Gasteiger partial charge in [-0.15, -0.1) is 0 Å². The number of hydrogen-bond acceptors (Lipinski definition) is 4. The summed E-state index contributed by atoms with van der Waals surface area (Å²) in [5.41, 5.74) is 0.485. The minimum atomic E-state index is -0.195. The van der Waals surface area contributed by atoms with Gasteiger partial charge in [0.25, 0.3) is 0 Å². The lowest BCUT2D eigenvalue weighted by Crippen LogP contribution is -2.12. The topological polar surface area (TPSA) is 67.8 Å². The van der Waals surface area contributed by atoms with Crippen LogP contribution in [0, 0.1) is 0 Å². The molecule has 1 aromatic carbocycles. The number of amides is 1. The molecule has 0 unspecified atom stereocenters. The number of benzene rings is 1. The monoisotopic (exact) mass is 257 g/mol. The lowest BCUT2D eigenvalue weighted by Gasteiger charge is -2.07.